The second-order valence-electron chi connectivity index (χ2n) is 3.84. The predicted molar refractivity (Wildman–Crippen MR) is 65.0 cm³/mol. The van der Waals surface area contributed by atoms with E-state index in [1.54, 1.807) is 11.3 Å². The van der Waals surface area contributed by atoms with Gasteiger partial charge in [0.1, 0.15) is 0 Å². The average Bonchev–Trinajstić information content (AvgIpc) is 2.70. The highest BCUT2D eigenvalue weighted by Gasteiger charge is 2.17. The van der Waals surface area contributed by atoms with Gasteiger partial charge in [0, 0.05) is 9.58 Å². The molecule has 1 heterocycles. The smallest absolute Gasteiger partial charge is 0.0919 e. The molecule has 0 aliphatic heterocycles. The van der Waals surface area contributed by atoms with Crippen molar-refractivity contribution in [1.82, 2.24) is 0 Å². The van der Waals surface area contributed by atoms with E-state index in [1.165, 1.54) is 10.1 Å². The van der Waals surface area contributed by atoms with Crippen molar-refractivity contribution in [1.29, 1.82) is 0 Å². The zero-order valence-corrected chi connectivity index (χ0v) is 9.50. The Balaban J connectivity index is 2.36. The van der Waals surface area contributed by atoms with E-state index in [1.807, 2.05) is 19.1 Å². The van der Waals surface area contributed by atoms with Crippen molar-refractivity contribution >= 4 is 21.4 Å². The molecule has 3 N–H and O–H groups in total. The lowest BCUT2D eigenvalue weighted by molar-refractivity contribution is 0.125. The molecule has 0 fully saturated rings. The predicted octanol–water partition coefficient (Wildman–Crippen LogP) is 2.53. The molecule has 2 aromatic rings. The van der Waals surface area contributed by atoms with Gasteiger partial charge < -0.3 is 10.8 Å². The van der Waals surface area contributed by atoms with Gasteiger partial charge in [-0.15, -0.1) is 11.3 Å². The Morgan fingerprint density at radius 2 is 2.13 bits per heavy atom. The number of fused-ring (bicyclic) bond motifs is 1. The molecule has 1 aromatic heterocycles. The van der Waals surface area contributed by atoms with Gasteiger partial charge in [-0.05, 0) is 30.0 Å². The fourth-order valence-electron chi connectivity index (χ4n) is 1.56. The molecular formula is C12H15NOS. The first-order chi connectivity index (χ1) is 7.22. The van der Waals surface area contributed by atoms with Crippen molar-refractivity contribution in [3.8, 4) is 0 Å². The van der Waals surface area contributed by atoms with Crippen LogP contribution in [-0.4, -0.2) is 11.7 Å². The zero-order valence-electron chi connectivity index (χ0n) is 8.68. The molecule has 0 amide bonds. The molecule has 15 heavy (non-hydrogen) atoms. The molecule has 1 aromatic carbocycles. The van der Waals surface area contributed by atoms with E-state index < -0.39 is 6.10 Å². The summed E-state index contributed by atoms with van der Waals surface area (Å²) in [6, 6.07) is 10.2. The van der Waals surface area contributed by atoms with Crippen LogP contribution in [0, 0.1) is 5.92 Å². The van der Waals surface area contributed by atoms with Crippen LogP contribution in [0.5, 0.6) is 0 Å². The van der Waals surface area contributed by atoms with Crippen LogP contribution in [0.3, 0.4) is 0 Å². The summed E-state index contributed by atoms with van der Waals surface area (Å²) in [6.45, 7) is 2.48. The normalized spacial score (nSPS) is 15.4. The molecule has 2 nitrogen and oxygen atoms in total. The maximum Gasteiger partial charge on any atom is 0.0919 e. The maximum atomic E-state index is 10.0. The number of hydrogen-bond donors (Lipinski definition) is 2. The fraction of sp³-hybridized carbons (Fsp3) is 0.333. The molecule has 2 rings (SSSR count). The Labute approximate surface area is 93.3 Å². The lowest BCUT2D eigenvalue weighted by Crippen LogP contribution is -2.17. The first-order valence-electron chi connectivity index (χ1n) is 5.09. The Bertz CT molecular complexity index is 419. The number of hydrogen-bond acceptors (Lipinski definition) is 3. The first-order valence-corrected chi connectivity index (χ1v) is 5.90. The van der Waals surface area contributed by atoms with E-state index in [0.717, 1.165) is 4.88 Å². The number of benzene rings is 1. The number of nitrogens with two attached hydrogens (primary N) is 1. The monoisotopic (exact) mass is 221 g/mol. The molecule has 0 spiro atoms. The van der Waals surface area contributed by atoms with Crippen molar-refractivity contribution in [2.75, 3.05) is 6.54 Å². The van der Waals surface area contributed by atoms with E-state index in [-0.39, 0.29) is 5.92 Å². The van der Waals surface area contributed by atoms with Crippen LogP contribution in [0.15, 0.2) is 30.3 Å². The summed E-state index contributed by atoms with van der Waals surface area (Å²) < 4.78 is 1.22. The molecule has 0 radical (unpaired) electrons. The molecule has 0 aliphatic carbocycles. The van der Waals surface area contributed by atoms with Crippen LogP contribution in [0.1, 0.15) is 17.9 Å². The summed E-state index contributed by atoms with van der Waals surface area (Å²) in [5.41, 5.74) is 5.55. The standard InChI is InChI=1S/C12H15NOS/c1-8(7-13)12(14)11-6-9-4-2-3-5-10(9)15-11/h2-6,8,12,14H,7,13H2,1H3. The minimum atomic E-state index is -0.438. The molecule has 0 saturated heterocycles. The summed E-state index contributed by atoms with van der Waals surface area (Å²) in [7, 11) is 0. The molecule has 2 unspecified atom stereocenters. The molecule has 0 saturated carbocycles. The van der Waals surface area contributed by atoms with E-state index in [4.69, 9.17) is 5.73 Å². The van der Waals surface area contributed by atoms with Crippen LogP contribution >= 0.6 is 11.3 Å². The number of aliphatic hydroxyl groups is 1. The van der Waals surface area contributed by atoms with Gasteiger partial charge >= 0.3 is 0 Å². The lowest BCUT2D eigenvalue weighted by atomic mass is 10.0. The summed E-state index contributed by atoms with van der Waals surface area (Å²) >= 11 is 1.64. The molecule has 3 heteroatoms. The van der Waals surface area contributed by atoms with Crippen LogP contribution in [0.25, 0.3) is 10.1 Å². The number of aliphatic hydroxyl groups excluding tert-OH is 1. The first kappa shape index (κ1) is 10.6. The highest BCUT2D eigenvalue weighted by molar-refractivity contribution is 7.19. The quantitative estimate of drug-likeness (QED) is 0.836. The van der Waals surface area contributed by atoms with Gasteiger partial charge in [0.2, 0.25) is 0 Å². The van der Waals surface area contributed by atoms with Crippen LogP contribution in [-0.2, 0) is 0 Å². The van der Waals surface area contributed by atoms with Crippen molar-refractivity contribution in [2.24, 2.45) is 11.7 Å². The molecule has 80 valence electrons. The summed E-state index contributed by atoms with van der Waals surface area (Å²) in [5.74, 6) is 0.109. The lowest BCUT2D eigenvalue weighted by Gasteiger charge is -2.14. The second kappa shape index (κ2) is 4.31. The van der Waals surface area contributed by atoms with E-state index in [0.29, 0.717) is 6.54 Å². The minimum absolute atomic E-state index is 0.109. The van der Waals surface area contributed by atoms with Crippen LogP contribution < -0.4 is 5.73 Å². The van der Waals surface area contributed by atoms with E-state index in [9.17, 15) is 5.11 Å². The van der Waals surface area contributed by atoms with E-state index >= 15 is 0 Å². The summed E-state index contributed by atoms with van der Waals surface area (Å²) in [5, 5.41) is 11.2. The van der Waals surface area contributed by atoms with Gasteiger partial charge in [-0.3, -0.25) is 0 Å². The fourth-order valence-corrected chi connectivity index (χ4v) is 2.74. The Hall–Kier alpha value is -0.900. The van der Waals surface area contributed by atoms with Crippen molar-refractivity contribution in [3.05, 3.63) is 35.2 Å². The second-order valence-corrected chi connectivity index (χ2v) is 4.96. The SMILES string of the molecule is CC(CN)C(O)c1cc2ccccc2s1. The third-order valence-electron chi connectivity index (χ3n) is 2.65. The van der Waals surface area contributed by atoms with Gasteiger partial charge in [-0.25, -0.2) is 0 Å². The van der Waals surface area contributed by atoms with Crippen LogP contribution in [0.2, 0.25) is 0 Å². The Morgan fingerprint density at radius 3 is 2.80 bits per heavy atom. The van der Waals surface area contributed by atoms with Gasteiger partial charge in [0.05, 0.1) is 6.10 Å². The van der Waals surface area contributed by atoms with Gasteiger partial charge in [0.15, 0.2) is 0 Å². The summed E-state index contributed by atoms with van der Waals surface area (Å²) in [4.78, 5) is 1.01. The van der Waals surface area contributed by atoms with Crippen LogP contribution in [0.4, 0.5) is 0 Å². The topological polar surface area (TPSA) is 46.2 Å². The zero-order chi connectivity index (χ0) is 10.8. The third-order valence-corrected chi connectivity index (χ3v) is 3.83. The Morgan fingerprint density at radius 1 is 1.40 bits per heavy atom. The highest BCUT2D eigenvalue weighted by Crippen LogP contribution is 2.32. The third kappa shape index (κ3) is 2.04. The van der Waals surface area contributed by atoms with Gasteiger partial charge in [0.25, 0.3) is 0 Å². The van der Waals surface area contributed by atoms with Crippen molar-refractivity contribution in [3.63, 3.8) is 0 Å². The largest absolute Gasteiger partial charge is 0.387 e. The number of rotatable bonds is 3. The average molecular weight is 221 g/mol. The van der Waals surface area contributed by atoms with Crippen molar-refractivity contribution < 1.29 is 5.11 Å². The maximum absolute atomic E-state index is 10.0. The molecule has 0 bridgehead atoms. The van der Waals surface area contributed by atoms with Gasteiger partial charge in [-0.2, -0.15) is 0 Å². The van der Waals surface area contributed by atoms with Gasteiger partial charge in [-0.1, -0.05) is 25.1 Å². The Kier molecular flexibility index (Phi) is 3.05. The van der Waals surface area contributed by atoms with Crippen molar-refractivity contribution in [2.45, 2.75) is 13.0 Å². The number of thiophene rings is 1. The molecule has 0 aliphatic rings. The molecular weight excluding hydrogens is 206 g/mol. The summed E-state index contributed by atoms with van der Waals surface area (Å²) in [6.07, 6.45) is -0.438. The highest BCUT2D eigenvalue weighted by atomic mass is 32.1. The van der Waals surface area contributed by atoms with E-state index in [2.05, 4.69) is 18.2 Å². The minimum Gasteiger partial charge on any atom is -0.387 e. The molecule has 2 atom stereocenters.